The summed E-state index contributed by atoms with van der Waals surface area (Å²) in [5.74, 6) is -0.854. The molecular weight excluding hydrogens is 985 g/mol. The second kappa shape index (κ2) is 69.4. The van der Waals surface area contributed by atoms with Gasteiger partial charge in [-0.15, -0.1) is 0 Å². The van der Waals surface area contributed by atoms with Crippen molar-refractivity contribution >= 4 is 17.9 Å². The highest BCUT2D eigenvalue weighted by Gasteiger charge is 2.19. The SMILES string of the molecule is CCCCCCC/C=C\CCCCCCCC(=O)OCC(COC(=O)CCCCCCCCCCCCCCCCCCCCCCCCCCCCCCCC)OC(=O)CCCCCCCCC/C=C\CCCCCCCCC. The number of hydrogen-bond acceptors (Lipinski definition) is 6. The normalized spacial score (nSPS) is 12.1. The Morgan fingerprint density at radius 2 is 0.412 bits per heavy atom. The summed E-state index contributed by atoms with van der Waals surface area (Å²) in [5, 5.41) is 0. The van der Waals surface area contributed by atoms with Crippen molar-refractivity contribution in [3.8, 4) is 0 Å². The van der Waals surface area contributed by atoms with Gasteiger partial charge in [0.25, 0.3) is 0 Å². The van der Waals surface area contributed by atoms with Gasteiger partial charge < -0.3 is 14.2 Å². The molecule has 0 aromatic carbocycles. The van der Waals surface area contributed by atoms with Crippen LogP contribution in [0.4, 0.5) is 0 Å². The molecule has 6 nitrogen and oxygen atoms in total. The third-order valence-electron chi connectivity index (χ3n) is 16.7. The minimum absolute atomic E-state index is 0.0704. The van der Waals surface area contributed by atoms with Crippen LogP contribution in [0.2, 0.25) is 0 Å². The molecule has 1 unspecified atom stereocenters. The monoisotopic (exact) mass is 1130 g/mol. The van der Waals surface area contributed by atoms with E-state index in [1.807, 2.05) is 0 Å². The number of esters is 3. The molecular formula is C74H140O6. The molecule has 472 valence electrons. The molecule has 80 heavy (non-hydrogen) atoms. The average molecular weight is 1130 g/mol. The predicted octanol–water partition coefficient (Wildman–Crippen LogP) is 25.0. The van der Waals surface area contributed by atoms with Crippen LogP contribution < -0.4 is 0 Å². The summed E-state index contributed by atoms with van der Waals surface area (Å²) in [6, 6.07) is 0. The number of rotatable bonds is 68. The van der Waals surface area contributed by atoms with Crippen LogP contribution in [0.1, 0.15) is 412 Å². The molecule has 6 heteroatoms. The van der Waals surface area contributed by atoms with Gasteiger partial charge in [0.15, 0.2) is 6.10 Å². The smallest absolute Gasteiger partial charge is 0.306 e. The zero-order valence-electron chi connectivity index (χ0n) is 54.4. The second-order valence-corrected chi connectivity index (χ2v) is 24.9. The number of unbranched alkanes of at least 4 members (excludes halogenated alkanes) is 53. The lowest BCUT2D eigenvalue weighted by Crippen LogP contribution is -2.30. The molecule has 0 spiro atoms. The maximum atomic E-state index is 12.9. The zero-order valence-corrected chi connectivity index (χ0v) is 54.4. The molecule has 0 aliphatic rings. The summed E-state index contributed by atoms with van der Waals surface area (Å²) in [6.07, 6.45) is 85.1. The third-order valence-corrected chi connectivity index (χ3v) is 16.7. The first-order chi connectivity index (χ1) is 39.5. The summed E-state index contributed by atoms with van der Waals surface area (Å²) in [5.41, 5.74) is 0. The number of carbonyl (C=O) groups is 3. The molecule has 1 atom stereocenters. The summed E-state index contributed by atoms with van der Waals surface area (Å²) >= 11 is 0. The van der Waals surface area contributed by atoms with Crippen LogP contribution in [-0.2, 0) is 28.6 Å². The van der Waals surface area contributed by atoms with Crippen LogP contribution in [0.25, 0.3) is 0 Å². The predicted molar refractivity (Wildman–Crippen MR) is 349 cm³/mol. The molecule has 0 radical (unpaired) electrons. The largest absolute Gasteiger partial charge is 0.462 e. The molecule has 0 N–H and O–H groups in total. The van der Waals surface area contributed by atoms with Gasteiger partial charge in [0, 0.05) is 19.3 Å². The molecule has 0 saturated heterocycles. The van der Waals surface area contributed by atoms with Crippen molar-refractivity contribution in [3.05, 3.63) is 24.3 Å². The van der Waals surface area contributed by atoms with E-state index in [9.17, 15) is 14.4 Å². The van der Waals surface area contributed by atoms with E-state index in [1.54, 1.807) is 0 Å². The second-order valence-electron chi connectivity index (χ2n) is 24.9. The molecule has 0 fully saturated rings. The van der Waals surface area contributed by atoms with Gasteiger partial charge in [-0.25, -0.2) is 0 Å². The van der Waals surface area contributed by atoms with E-state index in [0.717, 1.165) is 64.2 Å². The van der Waals surface area contributed by atoms with Gasteiger partial charge in [0.2, 0.25) is 0 Å². The molecule has 0 aliphatic heterocycles. The van der Waals surface area contributed by atoms with E-state index in [1.165, 1.54) is 308 Å². The van der Waals surface area contributed by atoms with Gasteiger partial charge in [-0.1, -0.05) is 347 Å². The fourth-order valence-corrected chi connectivity index (χ4v) is 11.2. The molecule has 0 bridgehead atoms. The van der Waals surface area contributed by atoms with Crippen molar-refractivity contribution in [2.24, 2.45) is 0 Å². The minimum Gasteiger partial charge on any atom is -0.462 e. The summed E-state index contributed by atoms with van der Waals surface area (Å²) in [6.45, 7) is 6.70. The Kier molecular flexibility index (Phi) is 67.6. The molecule has 0 saturated carbocycles. The minimum atomic E-state index is -0.775. The lowest BCUT2D eigenvalue weighted by atomic mass is 10.0. The van der Waals surface area contributed by atoms with Crippen molar-refractivity contribution in [2.45, 2.75) is 419 Å². The molecule has 0 amide bonds. The maximum Gasteiger partial charge on any atom is 0.306 e. The highest BCUT2D eigenvalue weighted by atomic mass is 16.6. The summed E-state index contributed by atoms with van der Waals surface area (Å²) in [7, 11) is 0. The zero-order chi connectivity index (χ0) is 57.8. The van der Waals surface area contributed by atoms with Crippen LogP contribution in [0, 0.1) is 0 Å². The molecule has 0 heterocycles. The van der Waals surface area contributed by atoms with E-state index < -0.39 is 6.10 Å². The van der Waals surface area contributed by atoms with E-state index in [-0.39, 0.29) is 31.1 Å². The molecule has 0 rings (SSSR count). The van der Waals surface area contributed by atoms with E-state index in [2.05, 4.69) is 45.1 Å². The van der Waals surface area contributed by atoms with Crippen LogP contribution in [0.5, 0.6) is 0 Å². The van der Waals surface area contributed by atoms with Crippen LogP contribution in [-0.4, -0.2) is 37.2 Å². The number of allylic oxidation sites excluding steroid dienone is 4. The first-order valence-corrected chi connectivity index (χ1v) is 36.3. The first-order valence-electron chi connectivity index (χ1n) is 36.3. The Hall–Kier alpha value is -2.11. The van der Waals surface area contributed by atoms with Gasteiger partial charge >= 0.3 is 17.9 Å². The highest BCUT2D eigenvalue weighted by molar-refractivity contribution is 5.71. The standard InChI is InChI=1S/C74H140O6/c1-4-7-10-13-16-19-22-25-28-30-32-33-34-35-36-37-38-39-40-41-42-43-45-46-49-52-55-58-61-64-67-73(76)79-70-71(69-78-72(75)66-63-60-57-54-51-48-27-24-21-18-15-12-9-6-3)80-74(77)68-65-62-59-56-53-50-47-44-31-29-26-23-20-17-14-11-8-5-2/h24,27,29,31,71H,4-23,25-26,28,30,32-70H2,1-3H3/b27-24-,31-29-. The summed E-state index contributed by atoms with van der Waals surface area (Å²) < 4.78 is 17.0. The fourth-order valence-electron chi connectivity index (χ4n) is 11.2. The number of ether oxygens (including phenoxy) is 3. The van der Waals surface area contributed by atoms with E-state index in [0.29, 0.717) is 19.3 Å². The quantitative estimate of drug-likeness (QED) is 0.0261. The lowest BCUT2D eigenvalue weighted by molar-refractivity contribution is -0.167. The first kappa shape index (κ1) is 77.9. The fraction of sp³-hybridized carbons (Fsp3) is 0.905. The van der Waals surface area contributed by atoms with Crippen molar-refractivity contribution in [1.29, 1.82) is 0 Å². The van der Waals surface area contributed by atoms with Gasteiger partial charge in [-0.2, -0.15) is 0 Å². The lowest BCUT2D eigenvalue weighted by Gasteiger charge is -2.18. The van der Waals surface area contributed by atoms with Crippen molar-refractivity contribution < 1.29 is 28.6 Å². The van der Waals surface area contributed by atoms with Crippen molar-refractivity contribution in [1.82, 2.24) is 0 Å². The van der Waals surface area contributed by atoms with Crippen LogP contribution in [0.3, 0.4) is 0 Å². The van der Waals surface area contributed by atoms with Crippen molar-refractivity contribution in [3.63, 3.8) is 0 Å². The van der Waals surface area contributed by atoms with Crippen LogP contribution in [0.15, 0.2) is 24.3 Å². The van der Waals surface area contributed by atoms with E-state index >= 15 is 0 Å². The summed E-state index contributed by atoms with van der Waals surface area (Å²) in [4.78, 5) is 38.4. The third kappa shape index (κ3) is 66.7. The van der Waals surface area contributed by atoms with Gasteiger partial charge in [-0.3, -0.25) is 14.4 Å². The maximum absolute atomic E-state index is 12.9. The highest BCUT2D eigenvalue weighted by Crippen LogP contribution is 2.19. The van der Waals surface area contributed by atoms with E-state index in [4.69, 9.17) is 14.2 Å². The Morgan fingerprint density at radius 3 is 0.625 bits per heavy atom. The Morgan fingerprint density at radius 1 is 0.237 bits per heavy atom. The van der Waals surface area contributed by atoms with Crippen LogP contribution >= 0.6 is 0 Å². The van der Waals surface area contributed by atoms with Crippen molar-refractivity contribution in [2.75, 3.05) is 13.2 Å². The number of carbonyl (C=O) groups excluding carboxylic acids is 3. The Balaban J connectivity index is 4.16. The molecule has 0 aliphatic carbocycles. The molecule has 0 aromatic rings. The van der Waals surface area contributed by atoms with Gasteiger partial charge in [0.1, 0.15) is 13.2 Å². The average Bonchev–Trinajstić information content (AvgIpc) is 3.46. The topological polar surface area (TPSA) is 78.9 Å². The van der Waals surface area contributed by atoms with Gasteiger partial charge in [-0.05, 0) is 70.6 Å². The Bertz CT molecular complexity index is 1290. The van der Waals surface area contributed by atoms with Gasteiger partial charge in [0.05, 0.1) is 0 Å². The Labute approximate surface area is 500 Å². The number of hydrogen-bond donors (Lipinski definition) is 0. The molecule has 0 aromatic heterocycles.